The van der Waals surface area contributed by atoms with Crippen LogP contribution in [0, 0.1) is 5.92 Å². The maximum absolute atomic E-state index is 12.7. The smallest absolute Gasteiger partial charge is 0.225 e. The number of amides is 1. The van der Waals surface area contributed by atoms with Gasteiger partial charge in [0.1, 0.15) is 5.82 Å². The summed E-state index contributed by atoms with van der Waals surface area (Å²) in [7, 11) is 0. The summed E-state index contributed by atoms with van der Waals surface area (Å²) in [6.07, 6.45) is 7.71. The lowest BCUT2D eigenvalue weighted by molar-refractivity contribution is -0.125. The van der Waals surface area contributed by atoms with Crippen LogP contribution < -0.4 is 10.2 Å². The SMILES string of the molecule is C[C@H](Cc1ccccc1Cl)NC(=O)[C@H]1CCCN(c2cnccn2)C1. The second-order valence-electron chi connectivity index (χ2n) is 6.55. The molecule has 2 atom stereocenters. The third-order valence-corrected chi connectivity index (χ3v) is 4.91. The minimum Gasteiger partial charge on any atom is -0.355 e. The van der Waals surface area contributed by atoms with Gasteiger partial charge in [-0.15, -0.1) is 0 Å². The lowest BCUT2D eigenvalue weighted by Gasteiger charge is -2.33. The number of carbonyl (C=O) groups is 1. The van der Waals surface area contributed by atoms with Gasteiger partial charge in [-0.3, -0.25) is 9.78 Å². The second-order valence-corrected chi connectivity index (χ2v) is 6.96. The van der Waals surface area contributed by atoms with Crippen LogP contribution in [0.4, 0.5) is 5.82 Å². The van der Waals surface area contributed by atoms with E-state index in [0.717, 1.165) is 42.2 Å². The molecular weight excluding hydrogens is 336 g/mol. The molecule has 1 fully saturated rings. The van der Waals surface area contributed by atoms with Crippen molar-refractivity contribution in [3.63, 3.8) is 0 Å². The maximum Gasteiger partial charge on any atom is 0.225 e. The van der Waals surface area contributed by atoms with Crippen molar-refractivity contribution < 1.29 is 4.79 Å². The summed E-state index contributed by atoms with van der Waals surface area (Å²) >= 11 is 6.21. The van der Waals surface area contributed by atoms with Gasteiger partial charge in [-0.25, -0.2) is 4.98 Å². The third kappa shape index (κ3) is 4.69. The van der Waals surface area contributed by atoms with E-state index >= 15 is 0 Å². The van der Waals surface area contributed by atoms with Gasteiger partial charge >= 0.3 is 0 Å². The number of hydrogen-bond donors (Lipinski definition) is 1. The maximum atomic E-state index is 12.7. The molecule has 2 heterocycles. The number of anilines is 1. The molecule has 1 saturated heterocycles. The van der Waals surface area contributed by atoms with Crippen LogP contribution in [0.2, 0.25) is 5.02 Å². The zero-order valence-electron chi connectivity index (χ0n) is 14.4. The van der Waals surface area contributed by atoms with Gasteiger partial charge < -0.3 is 10.2 Å². The number of aromatic nitrogens is 2. The standard InChI is InChI=1S/C19H23ClN4O/c1-14(11-15-5-2-3-7-17(15)20)23-19(25)16-6-4-10-24(13-16)18-12-21-8-9-22-18/h2-3,5,7-9,12,14,16H,4,6,10-11,13H2,1H3,(H,23,25)/t14-,16+/m1/s1. The molecule has 6 heteroatoms. The van der Waals surface area contributed by atoms with E-state index in [-0.39, 0.29) is 17.9 Å². The average Bonchev–Trinajstić information content (AvgIpc) is 2.64. The van der Waals surface area contributed by atoms with E-state index in [1.54, 1.807) is 18.6 Å². The Labute approximate surface area is 153 Å². The van der Waals surface area contributed by atoms with Gasteiger partial charge in [-0.05, 0) is 37.8 Å². The minimum atomic E-state index is -0.0237. The van der Waals surface area contributed by atoms with E-state index in [4.69, 9.17) is 11.6 Å². The van der Waals surface area contributed by atoms with Crippen molar-refractivity contribution >= 4 is 23.3 Å². The van der Waals surface area contributed by atoms with Gasteiger partial charge in [0, 0.05) is 36.5 Å². The van der Waals surface area contributed by atoms with E-state index in [1.807, 2.05) is 31.2 Å². The van der Waals surface area contributed by atoms with E-state index in [0.29, 0.717) is 6.54 Å². The third-order valence-electron chi connectivity index (χ3n) is 4.54. The van der Waals surface area contributed by atoms with E-state index in [2.05, 4.69) is 20.2 Å². The molecule has 1 N–H and O–H groups in total. The first-order valence-corrected chi connectivity index (χ1v) is 9.06. The number of carbonyl (C=O) groups excluding carboxylic acids is 1. The van der Waals surface area contributed by atoms with Gasteiger partial charge in [0.2, 0.25) is 5.91 Å². The fourth-order valence-electron chi connectivity index (χ4n) is 3.26. The van der Waals surface area contributed by atoms with Gasteiger partial charge in [-0.2, -0.15) is 0 Å². The molecule has 1 aliphatic heterocycles. The summed E-state index contributed by atoms with van der Waals surface area (Å²) < 4.78 is 0. The van der Waals surface area contributed by atoms with Crippen LogP contribution in [-0.4, -0.2) is 35.0 Å². The largest absolute Gasteiger partial charge is 0.355 e. The van der Waals surface area contributed by atoms with Crippen molar-refractivity contribution in [2.24, 2.45) is 5.92 Å². The molecule has 0 radical (unpaired) electrons. The molecule has 2 aromatic rings. The molecule has 0 saturated carbocycles. The van der Waals surface area contributed by atoms with Gasteiger partial charge in [0.25, 0.3) is 0 Å². The molecule has 1 aromatic heterocycles. The van der Waals surface area contributed by atoms with Crippen LogP contribution in [-0.2, 0) is 11.2 Å². The number of halogens is 1. The van der Waals surface area contributed by atoms with Gasteiger partial charge in [0.15, 0.2) is 0 Å². The number of benzene rings is 1. The average molecular weight is 359 g/mol. The molecule has 1 aromatic carbocycles. The Morgan fingerprint density at radius 3 is 3.00 bits per heavy atom. The first kappa shape index (κ1) is 17.7. The number of piperidine rings is 1. The van der Waals surface area contributed by atoms with Crippen LogP contribution in [0.15, 0.2) is 42.9 Å². The summed E-state index contributed by atoms with van der Waals surface area (Å²) in [5.74, 6) is 0.918. The Morgan fingerprint density at radius 1 is 1.40 bits per heavy atom. The molecule has 0 unspecified atom stereocenters. The van der Waals surface area contributed by atoms with Crippen LogP contribution in [0.5, 0.6) is 0 Å². The Bertz CT molecular complexity index is 710. The van der Waals surface area contributed by atoms with E-state index < -0.39 is 0 Å². The monoisotopic (exact) mass is 358 g/mol. The Morgan fingerprint density at radius 2 is 2.24 bits per heavy atom. The van der Waals surface area contributed by atoms with Crippen molar-refractivity contribution in [3.8, 4) is 0 Å². The molecular formula is C19H23ClN4O. The zero-order chi connectivity index (χ0) is 17.6. The molecule has 5 nitrogen and oxygen atoms in total. The summed E-state index contributed by atoms with van der Waals surface area (Å²) in [6.45, 7) is 3.62. The molecule has 3 rings (SSSR count). The first-order chi connectivity index (χ1) is 12.1. The number of hydrogen-bond acceptors (Lipinski definition) is 4. The molecule has 1 aliphatic rings. The quantitative estimate of drug-likeness (QED) is 0.892. The molecule has 1 amide bonds. The van der Waals surface area contributed by atoms with Crippen molar-refractivity contribution in [2.75, 3.05) is 18.0 Å². The Hall–Kier alpha value is -2.14. The topological polar surface area (TPSA) is 58.1 Å². The fraction of sp³-hybridized carbons (Fsp3) is 0.421. The zero-order valence-corrected chi connectivity index (χ0v) is 15.1. The highest BCUT2D eigenvalue weighted by molar-refractivity contribution is 6.31. The van der Waals surface area contributed by atoms with Gasteiger partial charge in [0.05, 0.1) is 12.1 Å². The highest BCUT2D eigenvalue weighted by Crippen LogP contribution is 2.21. The van der Waals surface area contributed by atoms with Crippen LogP contribution in [0.3, 0.4) is 0 Å². The summed E-state index contributed by atoms with van der Waals surface area (Å²) in [5.41, 5.74) is 1.06. The summed E-state index contributed by atoms with van der Waals surface area (Å²) in [6, 6.07) is 7.81. The van der Waals surface area contributed by atoms with Gasteiger partial charge in [-0.1, -0.05) is 29.8 Å². The summed E-state index contributed by atoms with van der Waals surface area (Å²) in [5, 5.41) is 3.88. The van der Waals surface area contributed by atoms with Crippen LogP contribution >= 0.6 is 11.6 Å². The number of rotatable bonds is 5. The van der Waals surface area contributed by atoms with E-state index in [9.17, 15) is 4.79 Å². The Balaban J connectivity index is 1.56. The fourth-order valence-corrected chi connectivity index (χ4v) is 3.47. The predicted octanol–water partition coefficient (Wildman–Crippen LogP) is 3.09. The van der Waals surface area contributed by atoms with Crippen molar-refractivity contribution in [1.82, 2.24) is 15.3 Å². The minimum absolute atomic E-state index is 0.0237. The van der Waals surface area contributed by atoms with E-state index in [1.165, 1.54) is 0 Å². The molecule has 0 spiro atoms. The lowest BCUT2D eigenvalue weighted by Crippen LogP contribution is -2.46. The molecule has 132 valence electrons. The molecule has 0 aliphatic carbocycles. The van der Waals surface area contributed by atoms with Crippen molar-refractivity contribution in [1.29, 1.82) is 0 Å². The molecule has 25 heavy (non-hydrogen) atoms. The van der Waals surface area contributed by atoms with Crippen LogP contribution in [0.1, 0.15) is 25.3 Å². The number of nitrogens with one attached hydrogen (secondary N) is 1. The number of nitrogens with zero attached hydrogens (tertiary/aromatic N) is 3. The lowest BCUT2D eigenvalue weighted by atomic mass is 9.96. The normalized spacial score (nSPS) is 18.6. The van der Waals surface area contributed by atoms with Crippen LogP contribution in [0.25, 0.3) is 0 Å². The Kier molecular flexibility index (Phi) is 5.87. The summed E-state index contributed by atoms with van der Waals surface area (Å²) in [4.78, 5) is 23.2. The molecule has 0 bridgehead atoms. The second kappa shape index (κ2) is 8.30. The predicted molar refractivity (Wildman–Crippen MR) is 99.7 cm³/mol. The van der Waals surface area contributed by atoms with Crippen molar-refractivity contribution in [3.05, 3.63) is 53.4 Å². The highest BCUT2D eigenvalue weighted by atomic mass is 35.5. The highest BCUT2D eigenvalue weighted by Gasteiger charge is 2.27. The first-order valence-electron chi connectivity index (χ1n) is 8.68. The van der Waals surface area contributed by atoms with Crippen molar-refractivity contribution in [2.45, 2.75) is 32.2 Å².